The molecule has 4 nitrogen and oxygen atoms in total. The van der Waals surface area contributed by atoms with Gasteiger partial charge in [-0.3, -0.25) is 4.79 Å². The lowest BCUT2D eigenvalue weighted by atomic mass is 10.1. The maximum atomic E-state index is 11.0. The molecule has 0 fully saturated rings. The van der Waals surface area contributed by atoms with Crippen LogP contribution in [0.3, 0.4) is 0 Å². The van der Waals surface area contributed by atoms with E-state index in [1.165, 1.54) is 6.20 Å². The Morgan fingerprint density at radius 3 is 2.71 bits per heavy atom. The van der Waals surface area contributed by atoms with Crippen molar-refractivity contribution in [3.63, 3.8) is 0 Å². The molecule has 3 N–H and O–H groups in total. The van der Waals surface area contributed by atoms with Crippen molar-refractivity contribution >= 4 is 12.6 Å². The molecule has 1 rings (SSSR count). The first-order valence-corrected chi connectivity index (χ1v) is 4.85. The highest BCUT2D eigenvalue weighted by Crippen LogP contribution is 2.16. The number of hydrogen-bond donors (Lipinski definition) is 4. The summed E-state index contributed by atoms with van der Waals surface area (Å²) in [7, 11) is 0. The number of aromatic amines is 1. The number of rotatable bonds is 3. The molecule has 0 aliphatic heterocycles. The van der Waals surface area contributed by atoms with E-state index in [1.54, 1.807) is 13.0 Å². The molecule has 0 spiro atoms. The van der Waals surface area contributed by atoms with E-state index in [0.717, 1.165) is 0 Å². The van der Waals surface area contributed by atoms with Crippen LogP contribution in [-0.2, 0) is 0 Å². The highest BCUT2D eigenvalue weighted by Gasteiger charge is 2.17. The van der Waals surface area contributed by atoms with Crippen LogP contribution in [0.1, 0.15) is 17.2 Å². The number of aliphatic hydroxyl groups is 2. The number of nitrogens with one attached hydrogen (secondary N) is 1. The number of hydrogen-bond acceptors (Lipinski definition) is 4. The Labute approximate surface area is 87.0 Å². The summed E-state index contributed by atoms with van der Waals surface area (Å²) in [5.74, 6) is 0.166. The summed E-state index contributed by atoms with van der Waals surface area (Å²) in [5, 5.41) is 18.9. The average Bonchev–Trinajstić information content (AvgIpc) is 2.20. The smallest absolute Gasteiger partial charge is 0.250 e. The third-order valence-corrected chi connectivity index (χ3v) is 2.38. The van der Waals surface area contributed by atoms with Crippen LogP contribution in [-0.4, -0.2) is 27.1 Å². The summed E-state index contributed by atoms with van der Waals surface area (Å²) in [6.07, 6.45) is -0.543. The number of H-pyrrole nitrogens is 1. The van der Waals surface area contributed by atoms with Gasteiger partial charge in [0.25, 0.3) is 5.56 Å². The van der Waals surface area contributed by atoms with Gasteiger partial charge in [-0.15, -0.1) is 0 Å². The molecule has 5 heteroatoms. The molecule has 0 bridgehead atoms. The second-order valence-corrected chi connectivity index (χ2v) is 3.51. The van der Waals surface area contributed by atoms with Gasteiger partial charge in [0, 0.05) is 17.5 Å². The Hall–Kier alpha value is -0.780. The Balaban J connectivity index is 2.96. The maximum absolute atomic E-state index is 11.0. The van der Waals surface area contributed by atoms with Gasteiger partial charge in [-0.1, -0.05) is 0 Å². The zero-order chi connectivity index (χ0) is 10.7. The van der Waals surface area contributed by atoms with Crippen molar-refractivity contribution in [1.29, 1.82) is 0 Å². The van der Waals surface area contributed by atoms with Crippen molar-refractivity contribution in [2.45, 2.75) is 19.1 Å². The fourth-order valence-corrected chi connectivity index (χ4v) is 1.31. The van der Waals surface area contributed by atoms with Crippen LogP contribution in [0.2, 0.25) is 0 Å². The third-order valence-electron chi connectivity index (χ3n) is 2.00. The zero-order valence-corrected chi connectivity index (χ0v) is 8.66. The SMILES string of the molecule is Cc1cc(C(O)C(O)CS)c[nH]c1=O. The molecule has 1 aromatic rings. The second kappa shape index (κ2) is 4.63. The van der Waals surface area contributed by atoms with Crippen molar-refractivity contribution in [3.05, 3.63) is 33.7 Å². The molecular formula is C9H13NO3S. The molecule has 0 radical (unpaired) electrons. The summed E-state index contributed by atoms with van der Waals surface area (Å²) in [6.45, 7) is 1.64. The van der Waals surface area contributed by atoms with Gasteiger partial charge in [-0.2, -0.15) is 12.6 Å². The van der Waals surface area contributed by atoms with Crippen molar-refractivity contribution in [2.75, 3.05) is 5.75 Å². The van der Waals surface area contributed by atoms with Gasteiger partial charge >= 0.3 is 0 Å². The number of aromatic nitrogens is 1. The predicted molar refractivity (Wildman–Crippen MR) is 56.6 cm³/mol. The average molecular weight is 215 g/mol. The number of aryl methyl sites for hydroxylation is 1. The lowest BCUT2D eigenvalue weighted by Crippen LogP contribution is -2.21. The summed E-state index contributed by atoms with van der Waals surface area (Å²) in [5.41, 5.74) is 0.804. The molecule has 0 amide bonds. The molecule has 0 aromatic carbocycles. The Bertz CT molecular complexity index is 363. The lowest BCUT2D eigenvalue weighted by Gasteiger charge is -2.15. The van der Waals surface area contributed by atoms with E-state index in [4.69, 9.17) is 0 Å². The van der Waals surface area contributed by atoms with Crippen LogP contribution in [0.25, 0.3) is 0 Å². The van der Waals surface area contributed by atoms with Crippen LogP contribution in [0.15, 0.2) is 17.1 Å². The van der Waals surface area contributed by atoms with Crippen molar-refractivity contribution in [2.24, 2.45) is 0 Å². The minimum atomic E-state index is -1.01. The van der Waals surface area contributed by atoms with Gasteiger partial charge in [0.15, 0.2) is 0 Å². The largest absolute Gasteiger partial charge is 0.389 e. The van der Waals surface area contributed by atoms with Crippen LogP contribution >= 0.6 is 12.6 Å². The minimum Gasteiger partial charge on any atom is -0.389 e. The zero-order valence-electron chi connectivity index (χ0n) is 7.77. The molecular weight excluding hydrogens is 202 g/mol. The van der Waals surface area contributed by atoms with Gasteiger partial charge in [-0.05, 0) is 18.6 Å². The minimum absolute atomic E-state index is 0.166. The molecule has 14 heavy (non-hydrogen) atoms. The van der Waals surface area contributed by atoms with Crippen molar-refractivity contribution < 1.29 is 10.2 Å². The first-order valence-electron chi connectivity index (χ1n) is 4.22. The molecule has 0 saturated carbocycles. The first-order chi connectivity index (χ1) is 6.56. The first kappa shape index (κ1) is 11.3. The van der Waals surface area contributed by atoms with E-state index in [1.807, 2.05) is 0 Å². The molecule has 78 valence electrons. The monoisotopic (exact) mass is 215 g/mol. The highest BCUT2D eigenvalue weighted by atomic mass is 32.1. The molecule has 0 aliphatic carbocycles. The van der Waals surface area contributed by atoms with Gasteiger partial charge in [0.1, 0.15) is 6.10 Å². The van der Waals surface area contributed by atoms with Crippen molar-refractivity contribution in [3.8, 4) is 0 Å². The summed E-state index contributed by atoms with van der Waals surface area (Å²) < 4.78 is 0. The van der Waals surface area contributed by atoms with E-state index in [9.17, 15) is 15.0 Å². The van der Waals surface area contributed by atoms with E-state index in [0.29, 0.717) is 11.1 Å². The maximum Gasteiger partial charge on any atom is 0.250 e. The van der Waals surface area contributed by atoms with Crippen LogP contribution in [0.5, 0.6) is 0 Å². The second-order valence-electron chi connectivity index (χ2n) is 3.14. The van der Waals surface area contributed by atoms with Gasteiger partial charge in [0.05, 0.1) is 6.10 Å². The van der Waals surface area contributed by atoms with Crippen molar-refractivity contribution in [1.82, 2.24) is 4.98 Å². The van der Waals surface area contributed by atoms with Gasteiger partial charge in [-0.25, -0.2) is 0 Å². The normalized spacial score (nSPS) is 15.1. The number of pyridine rings is 1. The fraction of sp³-hybridized carbons (Fsp3) is 0.444. The molecule has 2 atom stereocenters. The summed E-state index contributed by atoms with van der Waals surface area (Å²) in [4.78, 5) is 13.5. The van der Waals surface area contributed by atoms with Crippen LogP contribution in [0.4, 0.5) is 0 Å². The molecule has 0 saturated heterocycles. The fourth-order valence-electron chi connectivity index (χ4n) is 1.11. The Morgan fingerprint density at radius 1 is 1.57 bits per heavy atom. The van der Waals surface area contributed by atoms with Gasteiger partial charge in [0.2, 0.25) is 0 Å². The molecule has 0 aliphatic rings. The Morgan fingerprint density at radius 2 is 2.21 bits per heavy atom. The third kappa shape index (κ3) is 2.37. The molecule has 1 aromatic heterocycles. The van der Waals surface area contributed by atoms with E-state index in [2.05, 4.69) is 17.6 Å². The van der Waals surface area contributed by atoms with E-state index >= 15 is 0 Å². The van der Waals surface area contributed by atoms with Gasteiger partial charge < -0.3 is 15.2 Å². The highest BCUT2D eigenvalue weighted by molar-refractivity contribution is 7.80. The standard InChI is InChI=1S/C9H13NO3S/c1-5-2-6(3-10-9(5)13)8(12)7(11)4-14/h2-3,7-8,11-12,14H,4H2,1H3,(H,10,13). The summed E-state index contributed by atoms with van der Waals surface area (Å²) >= 11 is 3.87. The van der Waals surface area contributed by atoms with Crippen LogP contribution in [0, 0.1) is 6.92 Å². The number of aliphatic hydroxyl groups excluding tert-OH is 2. The van der Waals surface area contributed by atoms with E-state index in [-0.39, 0.29) is 11.3 Å². The lowest BCUT2D eigenvalue weighted by molar-refractivity contribution is 0.0335. The summed E-state index contributed by atoms with van der Waals surface area (Å²) in [6, 6.07) is 1.55. The van der Waals surface area contributed by atoms with Crippen LogP contribution < -0.4 is 5.56 Å². The predicted octanol–water partition coefficient (Wildman–Crippen LogP) is 0.00742. The Kier molecular flexibility index (Phi) is 3.74. The molecule has 1 heterocycles. The topological polar surface area (TPSA) is 73.3 Å². The number of thiol groups is 1. The quantitative estimate of drug-likeness (QED) is 0.537. The molecule has 2 unspecified atom stereocenters. The van der Waals surface area contributed by atoms with E-state index < -0.39 is 12.2 Å².